The van der Waals surface area contributed by atoms with E-state index in [1.807, 2.05) is 36.4 Å². The quantitative estimate of drug-likeness (QED) is 0.599. The molecule has 0 saturated heterocycles. The number of allylic oxidation sites excluding steroid dienone is 2. The van der Waals surface area contributed by atoms with E-state index < -0.39 is 11.4 Å². The van der Waals surface area contributed by atoms with Gasteiger partial charge in [0.15, 0.2) is 11.2 Å². The number of carbonyl (C=O) groups is 2. The summed E-state index contributed by atoms with van der Waals surface area (Å²) in [6, 6.07) is 12.0. The predicted octanol–water partition coefficient (Wildman–Crippen LogP) is 2.82. The molecule has 0 fully saturated rings. The third-order valence-electron chi connectivity index (χ3n) is 4.55. The Labute approximate surface area is 127 Å². The first-order chi connectivity index (χ1) is 10.6. The number of ether oxygens (including phenoxy) is 1. The van der Waals surface area contributed by atoms with Crippen LogP contribution >= 0.6 is 0 Å². The van der Waals surface area contributed by atoms with Crippen molar-refractivity contribution in [3.63, 3.8) is 0 Å². The zero-order chi connectivity index (χ0) is 15.3. The van der Waals surface area contributed by atoms with Gasteiger partial charge in [-0.3, -0.25) is 9.59 Å². The highest BCUT2D eigenvalue weighted by Gasteiger charge is 2.51. The van der Waals surface area contributed by atoms with E-state index in [-0.39, 0.29) is 12.3 Å². The smallest absolute Gasteiger partial charge is 0.327 e. The molecule has 2 aromatic rings. The van der Waals surface area contributed by atoms with E-state index in [1.165, 1.54) is 6.08 Å². The van der Waals surface area contributed by atoms with Crippen LogP contribution in [0.2, 0.25) is 0 Å². The average Bonchev–Trinajstić information content (AvgIpc) is 2.52. The highest BCUT2D eigenvalue weighted by atomic mass is 16.5. The third kappa shape index (κ3) is 1.70. The van der Waals surface area contributed by atoms with Crippen LogP contribution in [0.1, 0.15) is 12.5 Å². The number of hydrogen-bond donors (Lipinski definition) is 1. The first kappa shape index (κ1) is 13.1. The van der Waals surface area contributed by atoms with Crippen molar-refractivity contribution in [2.24, 2.45) is 5.41 Å². The van der Waals surface area contributed by atoms with Gasteiger partial charge < -0.3 is 10.1 Å². The van der Waals surface area contributed by atoms with E-state index >= 15 is 0 Å². The predicted molar refractivity (Wildman–Crippen MR) is 83.4 cm³/mol. The van der Waals surface area contributed by atoms with Crippen molar-refractivity contribution in [1.29, 1.82) is 0 Å². The number of esters is 1. The molecular weight excluding hydrogens is 278 g/mol. The summed E-state index contributed by atoms with van der Waals surface area (Å²) >= 11 is 0. The fraction of sp³-hybridized carbons (Fsp3) is 0.222. The second-order valence-electron chi connectivity index (χ2n) is 5.93. The minimum Gasteiger partial charge on any atom is -0.430 e. The molecule has 22 heavy (non-hydrogen) atoms. The number of fused-ring (bicyclic) bond motifs is 3. The van der Waals surface area contributed by atoms with Crippen molar-refractivity contribution >= 4 is 28.2 Å². The number of rotatable bonds is 0. The normalized spacial score (nSPS) is 23.8. The average molecular weight is 293 g/mol. The third-order valence-corrected chi connectivity index (χ3v) is 4.55. The molecule has 0 radical (unpaired) electrons. The lowest BCUT2D eigenvalue weighted by molar-refractivity contribution is -0.157. The van der Waals surface area contributed by atoms with Gasteiger partial charge in [-0.15, -0.1) is 0 Å². The van der Waals surface area contributed by atoms with Gasteiger partial charge in [0.2, 0.25) is 0 Å². The fourth-order valence-electron chi connectivity index (χ4n) is 3.32. The summed E-state index contributed by atoms with van der Waals surface area (Å²) in [7, 11) is 0. The molecule has 110 valence electrons. The molecule has 2 aliphatic heterocycles. The Morgan fingerprint density at radius 2 is 1.95 bits per heavy atom. The van der Waals surface area contributed by atoms with Gasteiger partial charge in [-0.25, -0.2) is 0 Å². The number of benzene rings is 2. The minimum atomic E-state index is -1.14. The zero-order valence-corrected chi connectivity index (χ0v) is 12.2. The Hall–Kier alpha value is -2.62. The van der Waals surface area contributed by atoms with Gasteiger partial charge in [0, 0.05) is 24.7 Å². The van der Waals surface area contributed by atoms with Crippen LogP contribution in [0.5, 0.6) is 0 Å². The lowest BCUT2D eigenvalue weighted by atomic mass is 9.73. The SMILES string of the molecule is CC1=CC(=O)C2(CNc3ccc4ccccc4c3C2)C(=O)O1. The highest BCUT2D eigenvalue weighted by Crippen LogP contribution is 2.40. The molecule has 4 nitrogen and oxygen atoms in total. The first-order valence-corrected chi connectivity index (χ1v) is 7.30. The summed E-state index contributed by atoms with van der Waals surface area (Å²) < 4.78 is 5.24. The number of nitrogens with one attached hydrogen (secondary N) is 1. The molecule has 0 saturated carbocycles. The maximum Gasteiger partial charge on any atom is 0.327 e. The van der Waals surface area contributed by atoms with E-state index in [9.17, 15) is 9.59 Å². The Kier molecular flexibility index (Phi) is 2.64. The molecular formula is C18H15NO3. The molecule has 0 aliphatic carbocycles. The lowest BCUT2D eigenvalue weighted by Gasteiger charge is -2.37. The Morgan fingerprint density at radius 3 is 2.77 bits per heavy atom. The molecule has 0 aromatic heterocycles. The van der Waals surface area contributed by atoms with Crippen molar-refractivity contribution in [2.45, 2.75) is 13.3 Å². The second-order valence-corrected chi connectivity index (χ2v) is 5.93. The summed E-state index contributed by atoms with van der Waals surface area (Å²) in [6.45, 7) is 1.90. The molecule has 4 heteroatoms. The molecule has 1 spiro atoms. The van der Waals surface area contributed by atoms with Crippen LogP contribution in [-0.2, 0) is 20.7 Å². The monoisotopic (exact) mass is 293 g/mol. The number of carbonyl (C=O) groups excluding carboxylic acids is 2. The summed E-state index contributed by atoms with van der Waals surface area (Å²) in [6.07, 6.45) is 1.80. The van der Waals surface area contributed by atoms with Crippen molar-refractivity contribution < 1.29 is 14.3 Å². The summed E-state index contributed by atoms with van der Waals surface area (Å²) in [5.41, 5.74) is 0.843. The topological polar surface area (TPSA) is 55.4 Å². The molecule has 2 heterocycles. The van der Waals surface area contributed by atoms with Crippen molar-refractivity contribution in [1.82, 2.24) is 0 Å². The van der Waals surface area contributed by atoms with Crippen molar-refractivity contribution in [3.8, 4) is 0 Å². The van der Waals surface area contributed by atoms with Gasteiger partial charge in [-0.2, -0.15) is 0 Å². The Morgan fingerprint density at radius 1 is 1.14 bits per heavy atom. The first-order valence-electron chi connectivity index (χ1n) is 7.30. The van der Waals surface area contributed by atoms with Crippen LogP contribution in [0, 0.1) is 5.41 Å². The van der Waals surface area contributed by atoms with Crippen LogP contribution in [0.3, 0.4) is 0 Å². The van der Waals surface area contributed by atoms with Gasteiger partial charge in [-0.1, -0.05) is 30.3 Å². The molecule has 2 aliphatic rings. The van der Waals surface area contributed by atoms with Gasteiger partial charge in [0.05, 0.1) is 0 Å². The van der Waals surface area contributed by atoms with Crippen LogP contribution in [0.25, 0.3) is 10.8 Å². The standard InChI is InChI=1S/C18H15NO3/c1-11-8-16(20)18(17(21)22-11)9-14-13-5-3-2-4-12(13)6-7-15(14)19-10-18/h2-8,19H,9-10H2,1H3. The van der Waals surface area contributed by atoms with Crippen molar-refractivity contribution in [3.05, 3.63) is 53.8 Å². The van der Waals surface area contributed by atoms with Crippen LogP contribution in [-0.4, -0.2) is 18.3 Å². The van der Waals surface area contributed by atoms with Crippen LogP contribution < -0.4 is 5.32 Å². The summed E-state index contributed by atoms with van der Waals surface area (Å²) in [5, 5.41) is 5.41. The number of hydrogen-bond acceptors (Lipinski definition) is 4. The van der Waals surface area contributed by atoms with Crippen molar-refractivity contribution in [2.75, 3.05) is 11.9 Å². The number of anilines is 1. The maximum atomic E-state index is 12.5. The van der Waals surface area contributed by atoms with E-state index in [1.54, 1.807) is 6.92 Å². The lowest BCUT2D eigenvalue weighted by Crippen LogP contribution is -2.51. The second kappa shape index (κ2) is 4.44. The zero-order valence-electron chi connectivity index (χ0n) is 12.2. The molecule has 1 N–H and O–H groups in total. The molecule has 1 atom stereocenters. The molecule has 0 amide bonds. The number of cyclic esters (lactones) is 1. The van der Waals surface area contributed by atoms with E-state index in [0.29, 0.717) is 12.2 Å². The molecule has 4 rings (SSSR count). The summed E-state index contributed by atoms with van der Waals surface area (Å²) in [5.74, 6) is -0.264. The van der Waals surface area contributed by atoms with Gasteiger partial charge in [0.25, 0.3) is 0 Å². The van der Waals surface area contributed by atoms with E-state index in [2.05, 4.69) is 5.32 Å². The fourth-order valence-corrected chi connectivity index (χ4v) is 3.32. The maximum absolute atomic E-state index is 12.5. The van der Waals surface area contributed by atoms with Crippen LogP contribution in [0.4, 0.5) is 5.69 Å². The molecule has 1 unspecified atom stereocenters. The van der Waals surface area contributed by atoms with Gasteiger partial charge in [-0.05, 0) is 29.3 Å². The Bertz CT molecular complexity index is 853. The van der Waals surface area contributed by atoms with E-state index in [4.69, 9.17) is 4.74 Å². The molecule has 2 aromatic carbocycles. The molecule has 0 bridgehead atoms. The largest absolute Gasteiger partial charge is 0.430 e. The highest BCUT2D eigenvalue weighted by molar-refractivity contribution is 6.13. The van der Waals surface area contributed by atoms with Gasteiger partial charge in [0.1, 0.15) is 5.76 Å². The Balaban J connectivity index is 1.89. The minimum absolute atomic E-state index is 0.174. The number of ketones is 1. The van der Waals surface area contributed by atoms with Gasteiger partial charge >= 0.3 is 5.97 Å². The summed E-state index contributed by atoms with van der Waals surface area (Å²) in [4.78, 5) is 24.9. The van der Waals surface area contributed by atoms with Crippen LogP contribution in [0.15, 0.2) is 48.2 Å². The van der Waals surface area contributed by atoms with E-state index in [0.717, 1.165) is 22.0 Å².